The fourth-order valence-electron chi connectivity index (χ4n) is 1.98. The number of hydrogen-bond donors (Lipinski definition) is 0. The second-order valence-corrected chi connectivity index (χ2v) is 4.29. The van der Waals surface area contributed by atoms with Crippen LogP contribution in [0.2, 0.25) is 0 Å². The van der Waals surface area contributed by atoms with Crippen LogP contribution in [0.1, 0.15) is 19.8 Å². The molecule has 0 heterocycles. The average molecular weight is 245 g/mol. The van der Waals surface area contributed by atoms with Gasteiger partial charge in [0.05, 0.1) is 0 Å². The molecule has 0 unspecified atom stereocenters. The summed E-state index contributed by atoms with van der Waals surface area (Å²) in [6, 6.07) is 13.4. The summed E-state index contributed by atoms with van der Waals surface area (Å²) in [6.45, 7) is 2.44. The minimum absolute atomic E-state index is 0.421. The van der Waals surface area contributed by atoms with Gasteiger partial charge in [-0.2, -0.15) is 0 Å². The molecule has 2 nitrogen and oxygen atoms in total. The van der Waals surface area contributed by atoms with Gasteiger partial charge in [0.25, 0.3) is 0 Å². The molecule has 0 aliphatic carbocycles. The topological polar surface area (TPSA) is 20.3 Å². The third-order valence-corrected chi connectivity index (χ3v) is 2.99. The number of rotatable bonds is 4. The molecule has 94 valence electrons. The Labute approximate surface area is 106 Å². The first kappa shape index (κ1) is 12.6. The SMILES string of the molecule is CCCCN(C(=O)F)c1ccc2ccccc2c1. The third kappa shape index (κ3) is 2.67. The van der Waals surface area contributed by atoms with E-state index in [0.29, 0.717) is 12.2 Å². The Kier molecular flexibility index (Phi) is 3.92. The molecule has 0 aliphatic heterocycles. The van der Waals surface area contributed by atoms with Crippen LogP contribution in [-0.4, -0.2) is 12.7 Å². The van der Waals surface area contributed by atoms with E-state index in [1.54, 1.807) is 6.07 Å². The third-order valence-electron chi connectivity index (χ3n) is 2.99. The first-order valence-corrected chi connectivity index (χ1v) is 6.18. The predicted molar refractivity (Wildman–Crippen MR) is 72.7 cm³/mol. The molecule has 2 rings (SSSR count). The smallest absolute Gasteiger partial charge is 0.284 e. The first-order chi connectivity index (χ1) is 8.72. The summed E-state index contributed by atoms with van der Waals surface area (Å²) in [4.78, 5) is 12.2. The summed E-state index contributed by atoms with van der Waals surface area (Å²) in [7, 11) is 0. The van der Waals surface area contributed by atoms with Gasteiger partial charge in [-0.25, -0.2) is 4.79 Å². The number of fused-ring (bicyclic) bond motifs is 1. The number of unbranched alkanes of at least 4 members (excludes halogenated alkanes) is 1. The van der Waals surface area contributed by atoms with Crippen molar-refractivity contribution in [1.29, 1.82) is 0 Å². The maximum absolute atomic E-state index is 13.1. The molecule has 0 aliphatic rings. The van der Waals surface area contributed by atoms with Gasteiger partial charge in [-0.1, -0.05) is 43.7 Å². The van der Waals surface area contributed by atoms with Gasteiger partial charge in [0.1, 0.15) is 0 Å². The van der Waals surface area contributed by atoms with Crippen LogP contribution in [0.3, 0.4) is 0 Å². The zero-order valence-electron chi connectivity index (χ0n) is 10.4. The highest BCUT2D eigenvalue weighted by Crippen LogP contribution is 2.23. The number of amides is 1. The molecule has 0 atom stereocenters. The molecule has 18 heavy (non-hydrogen) atoms. The molecule has 0 fully saturated rings. The number of anilines is 1. The van der Waals surface area contributed by atoms with Gasteiger partial charge in [0.2, 0.25) is 0 Å². The second-order valence-electron chi connectivity index (χ2n) is 4.29. The summed E-state index contributed by atoms with van der Waals surface area (Å²) in [5, 5.41) is 2.10. The van der Waals surface area contributed by atoms with Crippen molar-refractivity contribution < 1.29 is 9.18 Å². The van der Waals surface area contributed by atoms with Crippen molar-refractivity contribution >= 4 is 22.6 Å². The van der Waals surface area contributed by atoms with E-state index in [1.165, 1.54) is 4.90 Å². The van der Waals surface area contributed by atoms with Crippen molar-refractivity contribution in [3.63, 3.8) is 0 Å². The maximum Gasteiger partial charge on any atom is 0.404 e. The lowest BCUT2D eigenvalue weighted by atomic mass is 10.1. The van der Waals surface area contributed by atoms with Gasteiger partial charge >= 0.3 is 6.16 Å². The lowest BCUT2D eigenvalue weighted by Crippen LogP contribution is -2.27. The van der Waals surface area contributed by atoms with Crippen LogP contribution in [0.4, 0.5) is 14.9 Å². The van der Waals surface area contributed by atoms with E-state index in [-0.39, 0.29) is 0 Å². The zero-order chi connectivity index (χ0) is 13.0. The van der Waals surface area contributed by atoms with Crippen molar-refractivity contribution in [3.8, 4) is 0 Å². The summed E-state index contributed by atoms with van der Waals surface area (Å²) < 4.78 is 13.1. The highest BCUT2D eigenvalue weighted by atomic mass is 19.1. The van der Waals surface area contributed by atoms with Gasteiger partial charge in [-0.15, -0.1) is 4.39 Å². The van der Waals surface area contributed by atoms with Crippen molar-refractivity contribution in [2.45, 2.75) is 19.8 Å². The second kappa shape index (κ2) is 5.63. The minimum Gasteiger partial charge on any atom is -0.284 e. The normalized spacial score (nSPS) is 10.6. The van der Waals surface area contributed by atoms with Gasteiger partial charge in [0.15, 0.2) is 0 Å². The number of carbonyl (C=O) groups is 1. The molecule has 0 saturated carbocycles. The van der Waals surface area contributed by atoms with E-state index < -0.39 is 6.16 Å². The van der Waals surface area contributed by atoms with Gasteiger partial charge in [-0.3, -0.25) is 4.90 Å². The van der Waals surface area contributed by atoms with Crippen LogP contribution in [0.25, 0.3) is 10.8 Å². The predicted octanol–water partition coefficient (Wildman–Crippen LogP) is 4.54. The van der Waals surface area contributed by atoms with Crippen LogP contribution in [0, 0.1) is 0 Å². The lowest BCUT2D eigenvalue weighted by Gasteiger charge is -2.18. The Balaban J connectivity index is 2.35. The van der Waals surface area contributed by atoms with Crippen molar-refractivity contribution in [1.82, 2.24) is 0 Å². The standard InChI is InChI=1S/C15H16FNO/c1-2-3-10-17(15(16)18)14-9-8-12-6-4-5-7-13(12)11-14/h4-9,11H,2-3,10H2,1H3. The van der Waals surface area contributed by atoms with E-state index in [1.807, 2.05) is 43.3 Å². The number of carbonyl (C=O) groups excluding carboxylic acids is 1. The zero-order valence-corrected chi connectivity index (χ0v) is 10.4. The number of benzene rings is 2. The quantitative estimate of drug-likeness (QED) is 0.572. The Morgan fingerprint density at radius 3 is 2.56 bits per heavy atom. The molecule has 2 aromatic carbocycles. The summed E-state index contributed by atoms with van der Waals surface area (Å²) >= 11 is 0. The Bertz CT molecular complexity index is 553. The number of hydrogen-bond acceptors (Lipinski definition) is 1. The molecule has 0 radical (unpaired) electrons. The van der Waals surface area contributed by atoms with Crippen LogP contribution in [0.15, 0.2) is 42.5 Å². The molecule has 3 heteroatoms. The van der Waals surface area contributed by atoms with Crippen LogP contribution >= 0.6 is 0 Å². The first-order valence-electron chi connectivity index (χ1n) is 6.18. The fourth-order valence-corrected chi connectivity index (χ4v) is 1.98. The van der Waals surface area contributed by atoms with Crippen molar-refractivity contribution in [2.75, 3.05) is 11.4 Å². The highest BCUT2D eigenvalue weighted by Gasteiger charge is 2.14. The van der Waals surface area contributed by atoms with E-state index in [0.717, 1.165) is 23.6 Å². The molecule has 1 amide bonds. The minimum atomic E-state index is -1.39. The van der Waals surface area contributed by atoms with Crippen molar-refractivity contribution in [2.24, 2.45) is 0 Å². The van der Waals surface area contributed by atoms with Crippen LogP contribution in [-0.2, 0) is 0 Å². The molecule has 2 aromatic rings. The van der Waals surface area contributed by atoms with E-state index in [9.17, 15) is 9.18 Å². The molecule has 0 N–H and O–H groups in total. The summed E-state index contributed by atoms with van der Waals surface area (Å²) in [5.41, 5.74) is 0.620. The average Bonchev–Trinajstić information content (AvgIpc) is 2.38. The summed E-state index contributed by atoms with van der Waals surface area (Å²) in [6.07, 6.45) is 0.332. The molecular weight excluding hydrogens is 229 g/mol. The monoisotopic (exact) mass is 245 g/mol. The van der Waals surface area contributed by atoms with Gasteiger partial charge < -0.3 is 0 Å². The van der Waals surface area contributed by atoms with Crippen molar-refractivity contribution in [3.05, 3.63) is 42.5 Å². The van der Waals surface area contributed by atoms with Gasteiger partial charge in [0, 0.05) is 12.2 Å². The Morgan fingerprint density at radius 2 is 1.89 bits per heavy atom. The molecular formula is C15H16FNO. The lowest BCUT2D eigenvalue weighted by molar-refractivity contribution is 0.228. The van der Waals surface area contributed by atoms with Gasteiger partial charge in [-0.05, 0) is 29.3 Å². The molecule has 0 aromatic heterocycles. The molecule has 0 bridgehead atoms. The van der Waals surface area contributed by atoms with E-state index in [2.05, 4.69) is 0 Å². The van der Waals surface area contributed by atoms with Crippen LogP contribution in [0.5, 0.6) is 0 Å². The summed E-state index contributed by atoms with van der Waals surface area (Å²) in [5.74, 6) is 0. The molecule has 0 saturated heterocycles. The van der Waals surface area contributed by atoms with E-state index >= 15 is 0 Å². The number of halogens is 1. The highest BCUT2D eigenvalue weighted by molar-refractivity contribution is 5.92. The van der Waals surface area contributed by atoms with E-state index in [4.69, 9.17) is 0 Å². The Morgan fingerprint density at radius 1 is 1.17 bits per heavy atom. The largest absolute Gasteiger partial charge is 0.404 e. The maximum atomic E-state index is 13.1. The van der Waals surface area contributed by atoms with Crippen LogP contribution < -0.4 is 4.90 Å². The number of nitrogens with zero attached hydrogens (tertiary/aromatic N) is 1. The fraction of sp³-hybridized carbons (Fsp3) is 0.267. The molecule has 0 spiro atoms. The Hall–Kier alpha value is -1.90.